The van der Waals surface area contributed by atoms with E-state index >= 15 is 0 Å². The maximum absolute atomic E-state index is 12.2. The van der Waals surface area contributed by atoms with Gasteiger partial charge in [-0.05, 0) is 12.1 Å². The number of aliphatic hydroxyl groups is 1. The molecule has 2 heterocycles. The van der Waals surface area contributed by atoms with Gasteiger partial charge in [0.1, 0.15) is 12.1 Å². The van der Waals surface area contributed by atoms with Crippen LogP contribution in [0.4, 0.5) is 0 Å². The van der Waals surface area contributed by atoms with E-state index < -0.39 is 6.10 Å². The second-order valence-electron chi connectivity index (χ2n) is 4.67. The molecule has 2 aromatic heterocycles. The van der Waals surface area contributed by atoms with Crippen LogP contribution in [-0.4, -0.2) is 63.9 Å². The lowest BCUT2D eigenvalue weighted by Crippen LogP contribution is -2.36. The zero-order valence-corrected chi connectivity index (χ0v) is 12.0. The van der Waals surface area contributed by atoms with Crippen molar-refractivity contribution < 1.29 is 14.6 Å². The van der Waals surface area contributed by atoms with E-state index in [1.807, 2.05) is 0 Å². The molecule has 7 nitrogen and oxygen atoms in total. The van der Waals surface area contributed by atoms with Crippen LogP contribution < -0.4 is 0 Å². The molecule has 0 fully saturated rings. The van der Waals surface area contributed by atoms with E-state index in [0.717, 1.165) is 0 Å². The molecule has 2 rings (SSSR count). The molecule has 1 N–H and O–H groups in total. The standard InChI is InChI=1S/C14H18N4O3/c1-17(8-12(19)9-21-2)14(20)11-3-4-13(16-7-11)18-6-5-15-10-18/h3-7,10,12,19H,8-9H2,1-2H3. The number of nitrogens with zero attached hydrogens (tertiary/aromatic N) is 4. The monoisotopic (exact) mass is 290 g/mol. The Morgan fingerprint density at radius 2 is 2.33 bits per heavy atom. The van der Waals surface area contributed by atoms with Gasteiger partial charge in [-0.25, -0.2) is 9.97 Å². The van der Waals surface area contributed by atoms with Gasteiger partial charge in [0.15, 0.2) is 0 Å². The number of carbonyl (C=O) groups excluding carboxylic acids is 1. The van der Waals surface area contributed by atoms with Crippen molar-refractivity contribution in [1.29, 1.82) is 0 Å². The van der Waals surface area contributed by atoms with E-state index in [4.69, 9.17) is 4.74 Å². The summed E-state index contributed by atoms with van der Waals surface area (Å²) in [4.78, 5) is 21.8. The molecule has 1 amide bonds. The average Bonchev–Trinajstić information content (AvgIpc) is 3.01. The number of aromatic nitrogens is 3. The molecule has 0 saturated heterocycles. The lowest BCUT2D eigenvalue weighted by Gasteiger charge is -2.20. The molecule has 0 radical (unpaired) electrons. The molecule has 1 unspecified atom stereocenters. The Morgan fingerprint density at radius 1 is 1.52 bits per heavy atom. The number of ether oxygens (including phenoxy) is 1. The summed E-state index contributed by atoms with van der Waals surface area (Å²) in [6, 6.07) is 3.44. The number of rotatable bonds is 6. The fourth-order valence-corrected chi connectivity index (χ4v) is 1.92. The summed E-state index contributed by atoms with van der Waals surface area (Å²) in [5.41, 5.74) is 0.464. The topological polar surface area (TPSA) is 80.5 Å². The molecule has 1 atom stereocenters. The fraction of sp³-hybridized carbons (Fsp3) is 0.357. The second-order valence-corrected chi connectivity index (χ2v) is 4.67. The number of hydrogen-bond acceptors (Lipinski definition) is 5. The van der Waals surface area contributed by atoms with Gasteiger partial charge >= 0.3 is 0 Å². The van der Waals surface area contributed by atoms with Crippen LogP contribution in [0.25, 0.3) is 5.82 Å². The van der Waals surface area contributed by atoms with Crippen LogP contribution in [0.1, 0.15) is 10.4 Å². The van der Waals surface area contributed by atoms with Gasteiger partial charge in [-0.15, -0.1) is 0 Å². The summed E-state index contributed by atoms with van der Waals surface area (Å²) >= 11 is 0. The molecule has 0 saturated carbocycles. The van der Waals surface area contributed by atoms with Crippen LogP contribution in [-0.2, 0) is 4.74 Å². The number of imidazole rings is 1. The van der Waals surface area contributed by atoms with Gasteiger partial charge in [-0.2, -0.15) is 0 Å². The first kappa shape index (κ1) is 15.1. The Kier molecular flexibility index (Phi) is 5.02. The van der Waals surface area contributed by atoms with Crippen molar-refractivity contribution in [3.63, 3.8) is 0 Å². The number of amides is 1. The summed E-state index contributed by atoms with van der Waals surface area (Å²) in [7, 11) is 3.13. The van der Waals surface area contributed by atoms with E-state index in [1.54, 1.807) is 42.5 Å². The maximum Gasteiger partial charge on any atom is 0.255 e. The molecule has 0 spiro atoms. The SMILES string of the molecule is COCC(O)CN(C)C(=O)c1ccc(-n2ccnc2)nc1. The molecule has 0 aromatic carbocycles. The molecular weight excluding hydrogens is 272 g/mol. The van der Waals surface area contributed by atoms with Crippen molar-refractivity contribution >= 4 is 5.91 Å². The summed E-state index contributed by atoms with van der Waals surface area (Å²) < 4.78 is 6.59. The number of carbonyl (C=O) groups is 1. The zero-order valence-electron chi connectivity index (χ0n) is 12.0. The van der Waals surface area contributed by atoms with E-state index in [9.17, 15) is 9.90 Å². The van der Waals surface area contributed by atoms with Gasteiger partial charge in [0, 0.05) is 39.3 Å². The Morgan fingerprint density at radius 3 is 2.90 bits per heavy atom. The Balaban J connectivity index is 2.02. The zero-order chi connectivity index (χ0) is 15.2. The first-order valence-corrected chi connectivity index (χ1v) is 6.48. The van der Waals surface area contributed by atoms with Gasteiger partial charge in [-0.3, -0.25) is 9.36 Å². The molecule has 7 heteroatoms. The van der Waals surface area contributed by atoms with Crippen LogP contribution in [0.5, 0.6) is 0 Å². The van der Waals surface area contributed by atoms with E-state index in [1.165, 1.54) is 18.2 Å². The van der Waals surface area contributed by atoms with E-state index in [-0.39, 0.29) is 19.1 Å². The third kappa shape index (κ3) is 3.87. The van der Waals surface area contributed by atoms with Gasteiger partial charge in [0.05, 0.1) is 18.3 Å². The van der Waals surface area contributed by atoms with Gasteiger partial charge in [0.25, 0.3) is 5.91 Å². The highest BCUT2D eigenvalue weighted by Gasteiger charge is 2.15. The molecule has 0 aliphatic heterocycles. The average molecular weight is 290 g/mol. The molecule has 0 aliphatic carbocycles. The van der Waals surface area contributed by atoms with Crippen molar-refractivity contribution in [1.82, 2.24) is 19.4 Å². The largest absolute Gasteiger partial charge is 0.389 e. The quantitative estimate of drug-likeness (QED) is 0.830. The summed E-state index contributed by atoms with van der Waals surface area (Å²) in [6.07, 6.45) is 5.87. The lowest BCUT2D eigenvalue weighted by molar-refractivity contribution is 0.0380. The van der Waals surface area contributed by atoms with Gasteiger partial charge < -0.3 is 14.7 Å². The molecule has 21 heavy (non-hydrogen) atoms. The third-order valence-corrected chi connectivity index (χ3v) is 2.95. The van der Waals surface area contributed by atoms with Crippen LogP contribution in [0.2, 0.25) is 0 Å². The molecule has 0 bridgehead atoms. The summed E-state index contributed by atoms with van der Waals surface area (Å²) in [5, 5.41) is 9.64. The first-order chi connectivity index (χ1) is 10.1. The third-order valence-electron chi connectivity index (χ3n) is 2.95. The van der Waals surface area contributed by atoms with Crippen LogP contribution in [0.3, 0.4) is 0 Å². The number of aliphatic hydroxyl groups excluding tert-OH is 1. The van der Waals surface area contributed by atoms with Crippen LogP contribution in [0, 0.1) is 0 Å². The van der Waals surface area contributed by atoms with Crippen molar-refractivity contribution in [3.05, 3.63) is 42.6 Å². The first-order valence-electron chi connectivity index (χ1n) is 6.48. The smallest absolute Gasteiger partial charge is 0.255 e. The molecule has 112 valence electrons. The summed E-state index contributed by atoms with van der Waals surface area (Å²) in [5.74, 6) is 0.487. The van der Waals surface area contributed by atoms with E-state index in [0.29, 0.717) is 11.4 Å². The lowest BCUT2D eigenvalue weighted by atomic mass is 10.2. The molecular formula is C14H18N4O3. The highest BCUT2D eigenvalue weighted by molar-refractivity contribution is 5.93. The second kappa shape index (κ2) is 6.96. The minimum absolute atomic E-state index is 0.190. The number of methoxy groups -OCH3 is 1. The Bertz CT molecular complexity index is 568. The number of pyridine rings is 1. The van der Waals surface area contributed by atoms with Crippen molar-refractivity contribution in [2.24, 2.45) is 0 Å². The molecule has 0 aliphatic rings. The van der Waals surface area contributed by atoms with Crippen LogP contribution in [0.15, 0.2) is 37.1 Å². The number of likely N-dealkylation sites (N-methyl/N-ethyl adjacent to an activating group) is 1. The van der Waals surface area contributed by atoms with Crippen LogP contribution >= 0.6 is 0 Å². The highest BCUT2D eigenvalue weighted by atomic mass is 16.5. The van der Waals surface area contributed by atoms with Gasteiger partial charge in [0.2, 0.25) is 0 Å². The highest BCUT2D eigenvalue weighted by Crippen LogP contribution is 2.08. The summed E-state index contributed by atoms with van der Waals surface area (Å²) in [6.45, 7) is 0.394. The van der Waals surface area contributed by atoms with Crippen molar-refractivity contribution in [2.75, 3.05) is 27.3 Å². The predicted molar refractivity (Wildman–Crippen MR) is 76.2 cm³/mol. The Hall–Kier alpha value is -2.25. The minimum Gasteiger partial charge on any atom is -0.389 e. The molecule has 2 aromatic rings. The number of hydrogen-bond donors (Lipinski definition) is 1. The van der Waals surface area contributed by atoms with Crippen molar-refractivity contribution in [2.45, 2.75) is 6.10 Å². The fourth-order valence-electron chi connectivity index (χ4n) is 1.92. The van der Waals surface area contributed by atoms with Crippen molar-refractivity contribution in [3.8, 4) is 5.82 Å². The maximum atomic E-state index is 12.2. The Labute approximate surface area is 122 Å². The van der Waals surface area contributed by atoms with Gasteiger partial charge in [-0.1, -0.05) is 0 Å². The normalized spacial score (nSPS) is 12.1. The van der Waals surface area contributed by atoms with E-state index in [2.05, 4.69) is 9.97 Å². The predicted octanol–water partition coefficient (Wildman–Crippen LogP) is 0.347. The minimum atomic E-state index is -0.706.